The summed E-state index contributed by atoms with van der Waals surface area (Å²) in [5.74, 6) is 0.569. The molecule has 1 spiro atoms. The third-order valence-electron chi connectivity index (χ3n) is 8.11. The van der Waals surface area contributed by atoms with E-state index in [1.165, 1.54) is 32.1 Å². The Morgan fingerprint density at radius 1 is 1.15 bits per heavy atom. The van der Waals surface area contributed by atoms with E-state index in [0.29, 0.717) is 31.8 Å². The SMILES string of the molecule is CC(C)(N)C(=O)NC(CCC1CCCCC1)C(=O)N1CCC2(CC1)CC(=O)c1ccccc12. The van der Waals surface area contributed by atoms with E-state index in [1.807, 2.05) is 23.1 Å². The number of ketones is 1. The molecule has 2 aliphatic carbocycles. The second-order valence-corrected chi connectivity index (χ2v) is 11.1. The molecule has 2 amide bonds. The van der Waals surface area contributed by atoms with Crippen LogP contribution in [0.1, 0.15) is 94.0 Å². The fourth-order valence-electron chi connectivity index (χ4n) is 5.99. The summed E-state index contributed by atoms with van der Waals surface area (Å²) in [5, 5.41) is 2.97. The van der Waals surface area contributed by atoms with E-state index in [9.17, 15) is 14.4 Å². The first-order valence-electron chi connectivity index (χ1n) is 12.7. The van der Waals surface area contributed by atoms with E-state index < -0.39 is 11.6 Å². The highest BCUT2D eigenvalue weighted by Crippen LogP contribution is 2.46. The molecular formula is C27H39N3O3. The number of Topliss-reactive ketones (excluding diaryl/α,β-unsaturated/α-hetero) is 1. The van der Waals surface area contributed by atoms with Crippen molar-refractivity contribution in [3.8, 4) is 0 Å². The number of likely N-dealkylation sites (tertiary alicyclic amines) is 1. The van der Waals surface area contributed by atoms with Crippen LogP contribution in [0.3, 0.4) is 0 Å². The highest BCUT2D eigenvalue weighted by Gasteiger charge is 2.46. The van der Waals surface area contributed by atoms with Crippen LogP contribution in [0.4, 0.5) is 0 Å². The molecule has 1 heterocycles. The molecule has 33 heavy (non-hydrogen) atoms. The lowest BCUT2D eigenvalue weighted by Gasteiger charge is -2.41. The topological polar surface area (TPSA) is 92.5 Å². The molecule has 6 heteroatoms. The Labute approximate surface area is 197 Å². The van der Waals surface area contributed by atoms with Crippen molar-refractivity contribution in [3.05, 3.63) is 35.4 Å². The molecule has 3 aliphatic rings. The average Bonchev–Trinajstić information content (AvgIpc) is 3.08. The second kappa shape index (κ2) is 9.57. The molecule has 4 rings (SSSR count). The van der Waals surface area contributed by atoms with E-state index in [1.54, 1.807) is 13.8 Å². The molecule has 1 atom stereocenters. The minimum atomic E-state index is -1.02. The summed E-state index contributed by atoms with van der Waals surface area (Å²) >= 11 is 0. The van der Waals surface area contributed by atoms with Crippen LogP contribution in [-0.4, -0.2) is 47.2 Å². The van der Waals surface area contributed by atoms with Crippen LogP contribution in [0.2, 0.25) is 0 Å². The Bertz CT molecular complexity index is 890. The summed E-state index contributed by atoms with van der Waals surface area (Å²) in [7, 11) is 0. The van der Waals surface area contributed by atoms with Crippen LogP contribution in [-0.2, 0) is 15.0 Å². The predicted octanol–water partition coefficient (Wildman–Crippen LogP) is 3.72. The first-order chi connectivity index (χ1) is 15.7. The molecule has 1 saturated heterocycles. The molecule has 1 unspecified atom stereocenters. The zero-order chi connectivity index (χ0) is 23.6. The molecule has 0 aromatic heterocycles. The van der Waals surface area contributed by atoms with Gasteiger partial charge in [-0.2, -0.15) is 0 Å². The molecule has 3 N–H and O–H groups in total. The average molecular weight is 454 g/mol. The Kier molecular flexibility index (Phi) is 6.94. The lowest BCUT2D eigenvalue weighted by atomic mass is 9.73. The van der Waals surface area contributed by atoms with Gasteiger partial charge in [-0.1, -0.05) is 56.4 Å². The summed E-state index contributed by atoms with van der Waals surface area (Å²) in [6.45, 7) is 4.57. The van der Waals surface area contributed by atoms with Gasteiger partial charge >= 0.3 is 0 Å². The Balaban J connectivity index is 1.42. The van der Waals surface area contributed by atoms with Gasteiger partial charge in [0.25, 0.3) is 0 Å². The van der Waals surface area contributed by atoms with Gasteiger partial charge in [-0.15, -0.1) is 0 Å². The maximum Gasteiger partial charge on any atom is 0.245 e. The molecule has 0 radical (unpaired) electrons. The molecule has 1 saturated carbocycles. The van der Waals surface area contributed by atoms with E-state index in [0.717, 1.165) is 30.4 Å². The molecule has 0 bridgehead atoms. The lowest BCUT2D eigenvalue weighted by Crippen LogP contribution is -2.57. The standard InChI is InChI=1S/C27H39N3O3/c1-26(2,28)25(33)29-22(13-12-19-8-4-3-5-9-19)24(32)30-16-14-27(15-17-30)18-23(31)20-10-6-7-11-21(20)27/h6-7,10-11,19,22H,3-5,8-9,12-18,28H2,1-2H3,(H,29,33). The molecule has 1 aliphatic heterocycles. The number of fused-ring (bicyclic) bond motifs is 2. The van der Waals surface area contributed by atoms with Crippen molar-refractivity contribution in [3.63, 3.8) is 0 Å². The fraction of sp³-hybridized carbons (Fsp3) is 0.667. The monoisotopic (exact) mass is 453 g/mol. The second-order valence-electron chi connectivity index (χ2n) is 11.1. The van der Waals surface area contributed by atoms with Gasteiger partial charge in [0.15, 0.2) is 5.78 Å². The zero-order valence-corrected chi connectivity index (χ0v) is 20.2. The first-order valence-corrected chi connectivity index (χ1v) is 12.7. The van der Waals surface area contributed by atoms with Gasteiger partial charge in [0.2, 0.25) is 11.8 Å². The molecule has 180 valence electrons. The summed E-state index contributed by atoms with van der Waals surface area (Å²) in [6.07, 6.45) is 10.00. The number of benzene rings is 1. The number of carbonyl (C=O) groups is 3. The molecule has 1 aromatic carbocycles. The van der Waals surface area contributed by atoms with Crippen molar-refractivity contribution in [2.24, 2.45) is 11.7 Å². The highest BCUT2D eigenvalue weighted by atomic mass is 16.2. The molecular weight excluding hydrogens is 414 g/mol. The van der Waals surface area contributed by atoms with Gasteiger partial charge in [-0.05, 0) is 51.0 Å². The number of rotatable bonds is 6. The Morgan fingerprint density at radius 2 is 1.82 bits per heavy atom. The van der Waals surface area contributed by atoms with Crippen molar-refractivity contribution in [1.82, 2.24) is 10.2 Å². The van der Waals surface area contributed by atoms with E-state index in [-0.39, 0.29) is 23.0 Å². The highest BCUT2D eigenvalue weighted by molar-refractivity contribution is 6.02. The van der Waals surface area contributed by atoms with Crippen LogP contribution >= 0.6 is 0 Å². The number of hydrogen-bond donors (Lipinski definition) is 2. The summed E-state index contributed by atoms with van der Waals surface area (Å²) < 4.78 is 0. The summed E-state index contributed by atoms with van der Waals surface area (Å²) in [4.78, 5) is 40.7. The van der Waals surface area contributed by atoms with Crippen LogP contribution in [0, 0.1) is 5.92 Å². The van der Waals surface area contributed by atoms with Gasteiger partial charge in [0, 0.05) is 30.5 Å². The van der Waals surface area contributed by atoms with Crippen molar-refractivity contribution < 1.29 is 14.4 Å². The first kappa shape index (κ1) is 23.9. The van der Waals surface area contributed by atoms with Crippen molar-refractivity contribution in [1.29, 1.82) is 0 Å². The summed E-state index contributed by atoms with van der Waals surface area (Å²) in [5.41, 5.74) is 6.83. The number of amides is 2. The van der Waals surface area contributed by atoms with Crippen LogP contribution in [0.15, 0.2) is 24.3 Å². The lowest BCUT2D eigenvalue weighted by molar-refractivity contribution is -0.139. The van der Waals surface area contributed by atoms with Crippen LogP contribution < -0.4 is 11.1 Å². The number of piperidine rings is 1. The fourth-order valence-corrected chi connectivity index (χ4v) is 5.99. The predicted molar refractivity (Wildman–Crippen MR) is 129 cm³/mol. The number of nitrogens with one attached hydrogen (secondary N) is 1. The smallest absolute Gasteiger partial charge is 0.245 e. The van der Waals surface area contributed by atoms with Crippen molar-refractivity contribution in [2.45, 2.75) is 95.1 Å². The minimum Gasteiger partial charge on any atom is -0.343 e. The van der Waals surface area contributed by atoms with Gasteiger partial charge in [0.1, 0.15) is 6.04 Å². The Hall–Kier alpha value is -2.21. The maximum atomic E-state index is 13.6. The van der Waals surface area contributed by atoms with Gasteiger partial charge in [0.05, 0.1) is 5.54 Å². The number of carbonyl (C=O) groups excluding carboxylic acids is 3. The maximum absolute atomic E-state index is 13.6. The van der Waals surface area contributed by atoms with E-state index in [2.05, 4.69) is 11.4 Å². The van der Waals surface area contributed by atoms with Gasteiger partial charge < -0.3 is 16.0 Å². The third-order valence-corrected chi connectivity index (χ3v) is 8.11. The number of nitrogens with two attached hydrogens (primary N) is 1. The zero-order valence-electron chi connectivity index (χ0n) is 20.2. The largest absolute Gasteiger partial charge is 0.343 e. The normalized spacial score (nSPS) is 21.7. The van der Waals surface area contributed by atoms with Crippen LogP contribution in [0.5, 0.6) is 0 Å². The Morgan fingerprint density at radius 3 is 2.48 bits per heavy atom. The number of nitrogens with zero attached hydrogens (tertiary/aromatic N) is 1. The summed E-state index contributed by atoms with van der Waals surface area (Å²) in [6, 6.07) is 7.40. The minimum absolute atomic E-state index is 0.00383. The molecule has 1 aromatic rings. The van der Waals surface area contributed by atoms with E-state index >= 15 is 0 Å². The quantitative estimate of drug-likeness (QED) is 0.687. The van der Waals surface area contributed by atoms with Crippen molar-refractivity contribution >= 4 is 17.6 Å². The van der Waals surface area contributed by atoms with Gasteiger partial charge in [-0.3, -0.25) is 14.4 Å². The molecule has 6 nitrogen and oxygen atoms in total. The van der Waals surface area contributed by atoms with Crippen molar-refractivity contribution in [2.75, 3.05) is 13.1 Å². The number of hydrogen-bond acceptors (Lipinski definition) is 4. The van der Waals surface area contributed by atoms with E-state index in [4.69, 9.17) is 5.73 Å². The molecule has 2 fully saturated rings. The van der Waals surface area contributed by atoms with Gasteiger partial charge in [-0.25, -0.2) is 0 Å². The third kappa shape index (κ3) is 5.16. The van der Waals surface area contributed by atoms with Crippen LogP contribution in [0.25, 0.3) is 0 Å².